The molecule has 0 saturated heterocycles. The van der Waals surface area contributed by atoms with E-state index in [9.17, 15) is 10.1 Å². The van der Waals surface area contributed by atoms with Gasteiger partial charge in [0.1, 0.15) is 17.4 Å². The van der Waals surface area contributed by atoms with E-state index >= 15 is 0 Å². The first-order chi connectivity index (χ1) is 11.5. The van der Waals surface area contributed by atoms with E-state index in [2.05, 4.69) is 43.8 Å². The van der Waals surface area contributed by atoms with Gasteiger partial charge in [-0.15, -0.1) is 0 Å². The van der Waals surface area contributed by atoms with E-state index in [0.29, 0.717) is 12.3 Å². The van der Waals surface area contributed by atoms with E-state index in [0.717, 1.165) is 19.4 Å². The van der Waals surface area contributed by atoms with E-state index in [4.69, 9.17) is 4.74 Å². The predicted molar refractivity (Wildman–Crippen MR) is 107 cm³/mol. The molecule has 4 nitrogen and oxygen atoms in total. The third-order valence-corrected chi connectivity index (χ3v) is 4.37. The van der Waals surface area contributed by atoms with Gasteiger partial charge in [0.05, 0.1) is 11.1 Å². The molecule has 122 valence electrons. The van der Waals surface area contributed by atoms with E-state index < -0.39 is 5.91 Å². The SMILES string of the molecule is CCOc1ccc(/C=C(/C#N)C(=O)Nc2ccc(I)cc2)cc1Br. The molecule has 2 aromatic rings. The van der Waals surface area contributed by atoms with Crippen molar-refractivity contribution < 1.29 is 9.53 Å². The first-order valence-corrected chi connectivity index (χ1v) is 9.01. The number of nitrogens with one attached hydrogen (secondary N) is 1. The molecule has 0 aromatic heterocycles. The summed E-state index contributed by atoms with van der Waals surface area (Å²) in [6.07, 6.45) is 1.54. The second-order valence-corrected chi connectivity index (χ2v) is 6.85. The van der Waals surface area contributed by atoms with Crippen molar-refractivity contribution >= 4 is 56.2 Å². The number of carbonyl (C=O) groups excluding carboxylic acids is 1. The van der Waals surface area contributed by atoms with Gasteiger partial charge in [-0.1, -0.05) is 6.07 Å². The number of amides is 1. The first-order valence-electron chi connectivity index (χ1n) is 7.14. The molecule has 0 fully saturated rings. The van der Waals surface area contributed by atoms with Crippen LogP contribution in [0.5, 0.6) is 5.75 Å². The lowest BCUT2D eigenvalue weighted by Gasteiger charge is -2.07. The van der Waals surface area contributed by atoms with Crippen LogP contribution in [0.2, 0.25) is 0 Å². The van der Waals surface area contributed by atoms with Crippen molar-refractivity contribution in [1.29, 1.82) is 5.26 Å². The smallest absolute Gasteiger partial charge is 0.266 e. The van der Waals surface area contributed by atoms with Crippen LogP contribution < -0.4 is 10.1 Å². The molecule has 2 rings (SSSR count). The van der Waals surface area contributed by atoms with Gasteiger partial charge in [0.15, 0.2) is 0 Å². The van der Waals surface area contributed by atoms with Gasteiger partial charge in [-0.25, -0.2) is 0 Å². The molecule has 0 aliphatic carbocycles. The van der Waals surface area contributed by atoms with Crippen LogP contribution in [0.3, 0.4) is 0 Å². The second kappa shape index (κ2) is 8.85. The Labute approximate surface area is 162 Å². The molecule has 2 aromatic carbocycles. The lowest BCUT2D eigenvalue weighted by Crippen LogP contribution is -2.13. The number of halogens is 2. The Morgan fingerprint density at radius 1 is 1.33 bits per heavy atom. The quantitative estimate of drug-likeness (QED) is 0.360. The summed E-state index contributed by atoms with van der Waals surface area (Å²) in [4.78, 5) is 12.2. The lowest BCUT2D eigenvalue weighted by molar-refractivity contribution is -0.112. The van der Waals surface area contributed by atoms with Gasteiger partial charge in [0.25, 0.3) is 5.91 Å². The molecular weight excluding hydrogens is 483 g/mol. The number of nitriles is 1. The molecule has 1 amide bonds. The van der Waals surface area contributed by atoms with Gasteiger partial charge < -0.3 is 10.1 Å². The van der Waals surface area contributed by atoms with Gasteiger partial charge in [0.2, 0.25) is 0 Å². The number of benzene rings is 2. The summed E-state index contributed by atoms with van der Waals surface area (Å²) >= 11 is 5.61. The van der Waals surface area contributed by atoms with Gasteiger partial charge >= 0.3 is 0 Å². The number of hydrogen-bond acceptors (Lipinski definition) is 3. The molecule has 0 spiro atoms. The van der Waals surface area contributed by atoms with Crippen LogP contribution in [-0.2, 0) is 4.79 Å². The number of rotatable bonds is 5. The minimum atomic E-state index is -0.441. The molecule has 0 aliphatic heterocycles. The van der Waals surface area contributed by atoms with Crippen molar-refractivity contribution in [2.75, 3.05) is 11.9 Å². The van der Waals surface area contributed by atoms with Crippen LogP contribution in [0.4, 0.5) is 5.69 Å². The number of hydrogen-bond donors (Lipinski definition) is 1. The first kappa shape index (κ1) is 18.5. The van der Waals surface area contributed by atoms with Crippen LogP contribution >= 0.6 is 38.5 Å². The molecule has 0 saturated carbocycles. The average molecular weight is 497 g/mol. The van der Waals surface area contributed by atoms with Crippen molar-refractivity contribution in [1.82, 2.24) is 0 Å². The van der Waals surface area contributed by atoms with Crippen LogP contribution in [0.15, 0.2) is 52.5 Å². The molecule has 0 atom stereocenters. The highest BCUT2D eigenvalue weighted by Gasteiger charge is 2.10. The zero-order chi connectivity index (χ0) is 17.5. The van der Waals surface area contributed by atoms with Crippen LogP contribution in [0.1, 0.15) is 12.5 Å². The summed E-state index contributed by atoms with van der Waals surface area (Å²) in [5.41, 5.74) is 1.42. The molecule has 0 heterocycles. The summed E-state index contributed by atoms with van der Waals surface area (Å²) < 4.78 is 7.29. The minimum absolute atomic E-state index is 0.0320. The lowest BCUT2D eigenvalue weighted by atomic mass is 10.1. The minimum Gasteiger partial charge on any atom is -0.493 e. The summed E-state index contributed by atoms with van der Waals surface area (Å²) in [6.45, 7) is 2.47. The Bertz CT molecular complexity index is 811. The van der Waals surface area contributed by atoms with Crippen molar-refractivity contribution in [2.24, 2.45) is 0 Å². The summed E-state index contributed by atoms with van der Waals surface area (Å²) in [6, 6.07) is 14.7. The molecule has 1 N–H and O–H groups in total. The fourth-order valence-corrected chi connectivity index (χ4v) is 2.80. The van der Waals surface area contributed by atoms with Crippen LogP contribution in [-0.4, -0.2) is 12.5 Å². The summed E-state index contributed by atoms with van der Waals surface area (Å²) in [5, 5.41) is 12.0. The van der Waals surface area contributed by atoms with Crippen molar-refractivity contribution in [2.45, 2.75) is 6.92 Å². The molecule has 0 unspecified atom stereocenters. The highest BCUT2D eigenvalue weighted by Crippen LogP contribution is 2.27. The van der Waals surface area contributed by atoms with E-state index in [-0.39, 0.29) is 5.57 Å². The summed E-state index contributed by atoms with van der Waals surface area (Å²) in [5.74, 6) is 0.278. The Hall–Kier alpha value is -1.85. The molecule has 6 heteroatoms. The van der Waals surface area contributed by atoms with Crippen LogP contribution in [0, 0.1) is 14.9 Å². The number of nitrogens with zero attached hydrogens (tertiary/aromatic N) is 1. The Balaban J connectivity index is 2.19. The average Bonchev–Trinajstić information content (AvgIpc) is 2.57. The zero-order valence-corrected chi connectivity index (χ0v) is 16.6. The molecular formula is C18H14BrIN2O2. The number of ether oxygens (including phenoxy) is 1. The largest absolute Gasteiger partial charge is 0.493 e. The number of carbonyl (C=O) groups is 1. The van der Waals surface area contributed by atoms with Crippen molar-refractivity contribution in [3.63, 3.8) is 0 Å². The molecule has 0 bridgehead atoms. The molecule has 0 radical (unpaired) electrons. The summed E-state index contributed by atoms with van der Waals surface area (Å²) in [7, 11) is 0. The highest BCUT2D eigenvalue weighted by molar-refractivity contribution is 14.1. The maximum absolute atomic E-state index is 12.2. The zero-order valence-electron chi connectivity index (χ0n) is 12.8. The Morgan fingerprint density at radius 3 is 2.62 bits per heavy atom. The Morgan fingerprint density at radius 2 is 2.04 bits per heavy atom. The monoisotopic (exact) mass is 496 g/mol. The van der Waals surface area contributed by atoms with Crippen LogP contribution in [0.25, 0.3) is 6.08 Å². The normalized spacial score (nSPS) is 10.8. The maximum atomic E-state index is 12.2. The Kier molecular flexibility index (Phi) is 6.82. The second-order valence-electron chi connectivity index (χ2n) is 4.75. The maximum Gasteiger partial charge on any atom is 0.266 e. The molecule has 24 heavy (non-hydrogen) atoms. The third kappa shape index (κ3) is 5.08. The van der Waals surface area contributed by atoms with Gasteiger partial charge in [-0.2, -0.15) is 5.26 Å². The van der Waals surface area contributed by atoms with E-state index in [1.54, 1.807) is 36.4 Å². The third-order valence-electron chi connectivity index (χ3n) is 3.03. The predicted octanol–water partition coefficient (Wildman–Crippen LogP) is 5.00. The van der Waals surface area contributed by atoms with Gasteiger partial charge in [0, 0.05) is 9.26 Å². The topological polar surface area (TPSA) is 62.1 Å². The van der Waals surface area contributed by atoms with E-state index in [1.807, 2.05) is 25.1 Å². The molecule has 0 aliphatic rings. The van der Waals surface area contributed by atoms with Crippen molar-refractivity contribution in [3.8, 4) is 11.8 Å². The highest BCUT2D eigenvalue weighted by atomic mass is 127. The van der Waals surface area contributed by atoms with Gasteiger partial charge in [-0.3, -0.25) is 4.79 Å². The van der Waals surface area contributed by atoms with Gasteiger partial charge in [-0.05, 0) is 93.5 Å². The fraction of sp³-hybridized carbons (Fsp3) is 0.111. The van der Waals surface area contributed by atoms with E-state index in [1.165, 1.54) is 0 Å². The standard InChI is InChI=1S/C18H14BrIN2O2/c1-2-24-17-8-3-12(10-16(17)19)9-13(11-21)18(23)22-15-6-4-14(20)5-7-15/h3-10H,2H2,1H3,(H,22,23)/b13-9-. The fourth-order valence-electron chi connectivity index (χ4n) is 1.93. The number of anilines is 1. The van der Waals surface area contributed by atoms with Crippen molar-refractivity contribution in [3.05, 3.63) is 61.6 Å².